The van der Waals surface area contributed by atoms with E-state index in [2.05, 4.69) is 5.10 Å². The van der Waals surface area contributed by atoms with Crippen LogP contribution >= 0.6 is 11.6 Å². The van der Waals surface area contributed by atoms with E-state index < -0.39 is 0 Å². The van der Waals surface area contributed by atoms with Crippen LogP contribution < -0.4 is 10.5 Å². The van der Waals surface area contributed by atoms with E-state index in [9.17, 15) is 9.59 Å². The largest absolute Gasteiger partial charge is 0.370 e. The summed E-state index contributed by atoms with van der Waals surface area (Å²) >= 11 is 6.02. The van der Waals surface area contributed by atoms with Gasteiger partial charge in [0, 0.05) is 40.2 Å². The summed E-state index contributed by atoms with van der Waals surface area (Å²) < 4.78 is 1.20. The van der Waals surface area contributed by atoms with Gasteiger partial charge in [-0.2, -0.15) is 5.10 Å². The van der Waals surface area contributed by atoms with Gasteiger partial charge in [-0.1, -0.05) is 11.6 Å². The molecular weight excluding hydrogens is 268 g/mol. The van der Waals surface area contributed by atoms with Gasteiger partial charge in [0.15, 0.2) is 0 Å². The fourth-order valence-corrected chi connectivity index (χ4v) is 2.42. The predicted molar refractivity (Wildman–Crippen MR) is 73.6 cm³/mol. The summed E-state index contributed by atoms with van der Waals surface area (Å²) in [6, 6.07) is 0. The molecule has 1 aliphatic heterocycles. The maximum atomic E-state index is 11.7. The Hall–Kier alpha value is -1.56. The van der Waals surface area contributed by atoms with Crippen molar-refractivity contribution in [1.29, 1.82) is 0 Å². The van der Waals surface area contributed by atoms with Gasteiger partial charge < -0.3 is 9.80 Å². The van der Waals surface area contributed by atoms with Crippen molar-refractivity contribution in [2.75, 3.05) is 31.6 Å². The van der Waals surface area contributed by atoms with Crippen LogP contribution in [-0.2, 0) is 11.8 Å². The highest BCUT2D eigenvalue weighted by Gasteiger charge is 2.20. The lowest BCUT2D eigenvalue weighted by Crippen LogP contribution is -2.35. The zero-order chi connectivity index (χ0) is 14.0. The molecule has 1 saturated heterocycles. The summed E-state index contributed by atoms with van der Waals surface area (Å²) in [5.41, 5.74) is 0.277. The number of likely N-dealkylation sites (N-methyl/N-ethyl adjacent to an activating group) is 1. The lowest BCUT2D eigenvalue weighted by Gasteiger charge is -2.23. The van der Waals surface area contributed by atoms with E-state index in [1.165, 1.54) is 4.68 Å². The third-order valence-corrected chi connectivity index (χ3v) is 3.70. The van der Waals surface area contributed by atoms with Crippen LogP contribution in [0.5, 0.6) is 0 Å². The molecule has 0 N–H and O–H groups in total. The van der Waals surface area contributed by atoms with Crippen LogP contribution in [0.3, 0.4) is 0 Å². The number of halogens is 1. The highest BCUT2D eigenvalue weighted by molar-refractivity contribution is 6.33. The Bertz CT molecular complexity index is 543. The van der Waals surface area contributed by atoms with Crippen LogP contribution in [0.1, 0.15) is 12.8 Å². The number of carbonyl (C=O) groups excluding carboxylic acids is 1. The molecular formula is C12H17ClN4O2. The molecule has 0 bridgehead atoms. The molecule has 1 aromatic heterocycles. The number of amides is 1. The quantitative estimate of drug-likeness (QED) is 0.808. The van der Waals surface area contributed by atoms with Crippen LogP contribution in [-0.4, -0.2) is 47.3 Å². The molecule has 0 radical (unpaired) electrons. The van der Waals surface area contributed by atoms with Crippen LogP contribution in [0.4, 0.5) is 5.69 Å². The monoisotopic (exact) mass is 284 g/mol. The van der Waals surface area contributed by atoms with Crippen molar-refractivity contribution in [2.45, 2.75) is 12.8 Å². The van der Waals surface area contributed by atoms with Gasteiger partial charge in [-0.25, -0.2) is 4.68 Å². The lowest BCUT2D eigenvalue weighted by atomic mass is 10.4. The number of nitrogens with zero attached hydrogens (tertiary/aromatic N) is 4. The van der Waals surface area contributed by atoms with Crippen molar-refractivity contribution < 1.29 is 4.79 Å². The summed E-state index contributed by atoms with van der Waals surface area (Å²) in [4.78, 5) is 26.9. The molecule has 0 aromatic carbocycles. The van der Waals surface area contributed by atoms with Gasteiger partial charge in [-0.05, 0) is 6.42 Å². The van der Waals surface area contributed by atoms with Crippen molar-refractivity contribution in [2.24, 2.45) is 7.05 Å². The first kappa shape index (κ1) is 13.9. The van der Waals surface area contributed by atoms with Gasteiger partial charge in [0.1, 0.15) is 5.02 Å². The number of hydrogen-bond donors (Lipinski definition) is 0. The highest BCUT2D eigenvalue weighted by atomic mass is 35.5. The van der Waals surface area contributed by atoms with Crippen molar-refractivity contribution in [3.63, 3.8) is 0 Å². The summed E-state index contributed by atoms with van der Waals surface area (Å²) in [7, 11) is 3.39. The Morgan fingerprint density at radius 3 is 2.84 bits per heavy atom. The van der Waals surface area contributed by atoms with Gasteiger partial charge in [-0.3, -0.25) is 9.59 Å². The fraction of sp³-hybridized carbons (Fsp3) is 0.583. The van der Waals surface area contributed by atoms with E-state index >= 15 is 0 Å². The lowest BCUT2D eigenvalue weighted by molar-refractivity contribution is -0.127. The molecule has 1 fully saturated rings. The van der Waals surface area contributed by atoms with E-state index in [-0.39, 0.29) is 16.5 Å². The molecule has 19 heavy (non-hydrogen) atoms. The number of rotatable bonds is 4. The Kier molecular flexibility index (Phi) is 4.09. The minimum absolute atomic E-state index is 0.160. The number of hydrogen-bond acceptors (Lipinski definition) is 4. The Morgan fingerprint density at radius 1 is 1.47 bits per heavy atom. The fourth-order valence-electron chi connectivity index (χ4n) is 2.10. The van der Waals surface area contributed by atoms with E-state index in [0.717, 1.165) is 13.0 Å². The molecule has 1 amide bonds. The molecule has 0 spiro atoms. The molecule has 0 atom stereocenters. The smallest absolute Gasteiger partial charge is 0.287 e. The van der Waals surface area contributed by atoms with Crippen LogP contribution in [0.2, 0.25) is 5.02 Å². The maximum Gasteiger partial charge on any atom is 0.287 e. The van der Waals surface area contributed by atoms with E-state index in [1.807, 2.05) is 16.8 Å². The number of carbonyl (C=O) groups is 1. The minimum Gasteiger partial charge on any atom is -0.370 e. The van der Waals surface area contributed by atoms with Crippen LogP contribution in [0, 0.1) is 0 Å². The minimum atomic E-state index is -0.316. The average molecular weight is 285 g/mol. The van der Waals surface area contributed by atoms with Gasteiger partial charge in [-0.15, -0.1) is 0 Å². The average Bonchev–Trinajstić information content (AvgIpc) is 2.79. The van der Waals surface area contributed by atoms with Crippen LogP contribution in [0.15, 0.2) is 11.0 Å². The molecule has 0 saturated carbocycles. The molecule has 0 unspecified atom stereocenters. The molecule has 2 heterocycles. The first-order valence-corrected chi connectivity index (χ1v) is 6.59. The Morgan fingerprint density at radius 2 is 2.21 bits per heavy atom. The topological polar surface area (TPSA) is 58.4 Å². The van der Waals surface area contributed by atoms with E-state index in [4.69, 9.17) is 11.6 Å². The second-order valence-corrected chi connectivity index (χ2v) is 5.06. The normalized spacial score (nSPS) is 15.1. The Labute approximate surface area is 116 Å². The van der Waals surface area contributed by atoms with Crippen molar-refractivity contribution in [1.82, 2.24) is 14.7 Å². The van der Waals surface area contributed by atoms with E-state index in [1.54, 1.807) is 13.2 Å². The van der Waals surface area contributed by atoms with Gasteiger partial charge in [0.2, 0.25) is 5.91 Å². The summed E-state index contributed by atoms with van der Waals surface area (Å²) in [5, 5.41) is 4.11. The number of likely N-dealkylation sites (tertiary alicyclic amines) is 1. The standard InChI is InChI=1S/C12H17ClN4O2/c1-15(6-7-17-5-3-4-10(17)18)9-8-14-16(2)12(19)11(9)13/h8H,3-7H2,1-2H3. The SMILES string of the molecule is CN(CCN1CCCC1=O)c1cnn(C)c(=O)c1Cl. The second-order valence-electron chi connectivity index (χ2n) is 4.68. The zero-order valence-corrected chi connectivity index (χ0v) is 11.9. The highest BCUT2D eigenvalue weighted by Crippen LogP contribution is 2.19. The molecule has 104 valence electrons. The molecule has 1 aromatic rings. The molecule has 6 nitrogen and oxygen atoms in total. The third-order valence-electron chi connectivity index (χ3n) is 3.35. The molecule has 1 aliphatic rings. The summed E-state index contributed by atoms with van der Waals surface area (Å²) in [6.45, 7) is 2.08. The van der Waals surface area contributed by atoms with Crippen LogP contribution in [0.25, 0.3) is 0 Å². The van der Waals surface area contributed by atoms with Gasteiger partial charge >= 0.3 is 0 Å². The van der Waals surface area contributed by atoms with Gasteiger partial charge in [0.05, 0.1) is 11.9 Å². The first-order valence-electron chi connectivity index (χ1n) is 6.21. The second kappa shape index (κ2) is 5.61. The number of anilines is 1. The van der Waals surface area contributed by atoms with Crippen molar-refractivity contribution >= 4 is 23.2 Å². The number of aryl methyl sites for hydroxylation is 1. The van der Waals surface area contributed by atoms with E-state index in [0.29, 0.717) is 25.2 Å². The number of aromatic nitrogens is 2. The first-order chi connectivity index (χ1) is 9.00. The third kappa shape index (κ3) is 2.89. The molecule has 0 aliphatic carbocycles. The zero-order valence-electron chi connectivity index (χ0n) is 11.1. The summed E-state index contributed by atoms with van der Waals surface area (Å²) in [6.07, 6.45) is 3.13. The van der Waals surface area contributed by atoms with Gasteiger partial charge in [0.25, 0.3) is 5.56 Å². The maximum absolute atomic E-state index is 11.7. The summed E-state index contributed by atoms with van der Waals surface area (Å²) in [5.74, 6) is 0.196. The molecule has 7 heteroatoms. The van der Waals surface area contributed by atoms with Crippen molar-refractivity contribution in [3.8, 4) is 0 Å². The molecule has 2 rings (SSSR count). The Balaban J connectivity index is 2.04. The van der Waals surface area contributed by atoms with Crippen molar-refractivity contribution in [3.05, 3.63) is 21.6 Å². The predicted octanol–water partition coefficient (Wildman–Crippen LogP) is 0.492.